The average molecular weight is 313 g/mol. The quantitative estimate of drug-likeness (QED) is 0.592. The summed E-state index contributed by atoms with van der Waals surface area (Å²) in [7, 11) is -3.89. The van der Waals surface area contributed by atoms with Gasteiger partial charge in [0, 0.05) is 24.8 Å². The zero-order valence-electron chi connectivity index (χ0n) is 12.0. The normalized spacial score (nSPS) is 21.0. The Hall–Kier alpha value is -1.67. The third-order valence-corrected chi connectivity index (χ3v) is 5.09. The van der Waals surface area contributed by atoms with Crippen LogP contribution in [0.1, 0.15) is 20.3 Å². The lowest BCUT2D eigenvalue weighted by atomic mass is 10.3. The van der Waals surface area contributed by atoms with E-state index in [9.17, 15) is 18.5 Å². The molecule has 0 saturated heterocycles. The predicted molar refractivity (Wildman–Crippen MR) is 79.7 cm³/mol. The van der Waals surface area contributed by atoms with Crippen LogP contribution in [0.15, 0.2) is 23.1 Å². The van der Waals surface area contributed by atoms with Gasteiger partial charge in [-0.2, -0.15) is 0 Å². The minimum absolute atomic E-state index is 0.292. The van der Waals surface area contributed by atoms with E-state index in [4.69, 9.17) is 0 Å². The SMILES string of the molecule is CCNc1ccc([N+](=O)[O-])c(S(=O)(=O)NCC2CC2C)c1. The van der Waals surface area contributed by atoms with Crippen molar-refractivity contribution in [2.45, 2.75) is 25.2 Å². The monoisotopic (exact) mass is 313 g/mol. The van der Waals surface area contributed by atoms with Crippen molar-refractivity contribution in [1.29, 1.82) is 0 Å². The fourth-order valence-electron chi connectivity index (χ4n) is 2.17. The Balaban J connectivity index is 2.29. The fourth-order valence-corrected chi connectivity index (χ4v) is 3.46. The molecular weight excluding hydrogens is 294 g/mol. The third kappa shape index (κ3) is 3.70. The molecule has 0 amide bonds. The van der Waals surface area contributed by atoms with E-state index in [0.29, 0.717) is 30.6 Å². The van der Waals surface area contributed by atoms with Gasteiger partial charge in [-0.3, -0.25) is 10.1 Å². The van der Waals surface area contributed by atoms with Crippen LogP contribution in [-0.4, -0.2) is 26.4 Å². The second kappa shape index (κ2) is 5.98. The lowest BCUT2D eigenvalue weighted by Gasteiger charge is -2.09. The Bertz CT molecular complexity index is 645. The summed E-state index contributed by atoms with van der Waals surface area (Å²) >= 11 is 0. The molecule has 1 aromatic rings. The first-order chi connectivity index (χ1) is 9.85. The van der Waals surface area contributed by atoms with Crippen LogP contribution in [0.4, 0.5) is 11.4 Å². The molecule has 2 N–H and O–H groups in total. The van der Waals surface area contributed by atoms with Crippen molar-refractivity contribution in [1.82, 2.24) is 4.72 Å². The van der Waals surface area contributed by atoms with Gasteiger partial charge in [0.05, 0.1) is 4.92 Å². The average Bonchev–Trinajstić information content (AvgIpc) is 3.13. The molecule has 2 unspecified atom stereocenters. The summed E-state index contributed by atoms with van der Waals surface area (Å²) < 4.78 is 27.1. The molecule has 0 radical (unpaired) electrons. The Kier molecular flexibility index (Phi) is 4.48. The number of benzene rings is 1. The van der Waals surface area contributed by atoms with Gasteiger partial charge in [0.15, 0.2) is 4.90 Å². The van der Waals surface area contributed by atoms with Crippen molar-refractivity contribution in [2.75, 3.05) is 18.4 Å². The van der Waals surface area contributed by atoms with E-state index in [2.05, 4.69) is 10.0 Å². The lowest BCUT2D eigenvalue weighted by Crippen LogP contribution is -2.27. The van der Waals surface area contributed by atoms with Crippen molar-refractivity contribution in [2.24, 2.45) is 11.8 Å². The number of hydrogen-bond donors (Lipinski definition) is 2. The molecule has 1 fully saturated rings. The number of nitrogens with one attached hydrogen (secondary N) is 2. The van der Waals surface area contributed by atoms with Gasteiger partial charge in [-0.05, 0) is 37.3 Å². The van der Waals surface area contributed by atoms with Gasteiger partial charge in [0.25, 0.3) is 5.69 Å². The zero-order valence-corrected chi connectivity index (χ0v) is 12.8. The highest BCUT2D eigenvalue weighted by atomic mass is 32.2. The van der Waals surface area contributed by atoms with Gasteiger partial charge >= 0.3 is 0 Å². The number of sulfonamides is 1. The molecule has 0 spiro atoms. The molecule has 1 aliphatic carbocycles. The molecule has 1 aliphatic rings. The standard InChI is InChI=1S/C13H19N3O4S/c1-3-14-11-4-5-12(16(17)18)13(7-11)21(19,20)15-8-10-6-9(10)2/h4-5,7,9-10,14-15H,3,6,8H2,1-2H3. The minimum atomic E-state index is -3.89. The van der Waals surface area contributed by atoms with E-state index in [1.807, 2.05) is 13.8 Å². The Morgan fingerprint density at radius 2 is 2.10 bits per heavy atom. The molecule has 2 rings (SSSR count). The minimum Gasteiger partial charge on any atom is -0.385 e. The summed E-state index contributed by atoms with van der Waals surface area (Å²) in [6.07, 6.45) is 0.988. The summed E-state index contributed by atoms with van der Waals surface area (Å²) in [5.41, 5.74) is 0.135. The maximum absolute atomic E-state index is 12.3. The maximum atomic E-state index is 12.3. The first-order valence-corrected chi connectivity index (χ1v) is 8.35. The van der Waals surface area contributed by atoms with Crippen molar-refractivity contribution >= 4 is 21.4 Å². The second-order valence-corrected chi connectivity index (χ2v) is 7.03. The molecule has 0 heterocycles. The number of anilines is 1. The second-order valence-electron chi connectivity index (χ2n) is 5.29. The topological polar surface area (TPSA) is 101 Å². The number of nitrogens with zero attached hydrogens (tertiary/aromatic N) is 1. The fraction of sp³-hybridized carbons (Fsp3) is 0.538. The molecule has 7 nitrogen and oxygen atoms in total. The van der Waals surface area contributed by atoms with Crippen LogP contribution < -0.4 is 10.0 Å². The lowest BCUT2D eigenvalue weighted by molar-refractivity contribution is -0.387. The van der Waals surface area contributed by atoms with E-state index >= 15 is 0 Å². The summed E-state index contributed by atoms with van der Waals surface area (Å²) in [6.45, 7) is 4.84. The van der Waals surface area contributed by atoms with E-state index in [1.54, 1.807) is 0 Å². The van der Waals surface area contributed by atoms with Crippen LogP contribution in [0, 0.1) is 22.0 Å². The molecular formula is C13H19N3O4S. The van der Waals surface area contributed by atoms with Gasteiger partial charge in [-0.25, -0.2) is 13.1 Å². The van der Waals surface area contributed by atoms with Crippen molar-refractivity contribution in [3.63, 3.8) is 0 Å². The highest BCUT2D eigenvalue weighted by Crippen LogP contribution is 2.37. The van der Waals surface area contributed by atoms with Gasteiger partial charge in [0.1, 0.15) is 0 Å². The molecule has 116 valence electrons. The third-order valence-electron chi connectivity index (χ3n) is 3.64. The molecule has 0 aromatic heterocycles. The predicted octanol–water partition coefficient (Wildman–Crippen LogP) is 1.96. The van der Waals surface area contributed by atoms with Crippen LogP contribution >= 0.6 is 0 Å². The Morgan fingerprint density at radius 1 is 1.43 bits per heavy atom. The van der Waals surface area contributed by atoms with Crippen molar-refractivity contribution in [3.05, 3.63) is 28.3 Å². The molecule has 2 atom stereocenters. The largest absolute Gasteiger partial charge is 0.385 e. The van der Waals surface area contributed by atoms with Crippen LogP contribution in [0.3, 0.4) is 0 Å². The van der Waals surface area contributed by atoms with Crippen molar-refractivity contribution < 1.29 is 13.3 Å². The number of nitro groups is 1. The molecule has 0 bridgehead atoms. The number of hydrogen-bond acceptors (Lipinski definition) is 5. The molecule has 21 heavy (non-hydrogen) atoms. The smallest absolute Gasteiger partial charge is 0.289 e. The summed E-state index contributed by atoms with van der Waals surface area (Å²) in [6, 6.07) is 4.02. The highest BCUT2D eigenvalue weighted by molar-refractivity contribution is 7.89. The zero-order chi connectivity index (χ0) is 15.6. The van der Waals surface area contributed by atoms with Gasteiger partial charge in [0.2, 0.25) is 10.0 Å². The molecule has 8 heteroatoms. The van der Waals surface area contributed by atoms with Crippen molar-refractivity contribution in [3.8, 4) is 0 Å². The van der Waals surface area contributed by atoms with E-state index in [1.165, 1.54) is 18.2 Å². The van der Waals surface area contributed by atoms with E-state index < -0.39 is 20.6 Å². The van der Waals surface area contributed by atoms with Crippen LogP contribution in [0.5, 0.6) is 0 Å². The first kappa shape index (κ1) is 15.7. The van der Waals surface area contributed by atoms with Gasteiger partial charge in [-0.15, -0.1) is 0 Å². The maximum Gasteiger partial charge on any atom is 0.289 e. The summed E-state index contributed by atoms with van der Waals surface area (Å²) in [5, 5.41) is 14.0. The Labute approximate surface area is 123 Å². The van der Waals surface area contributed by atoms with E-state index in [-0.39, 0.29) is 4.90 Å². The highest BCUT2D eigenvalue weighted by Gasteiger charge is 2.34. The molecule has 0 aliphatic heterocycles. The summed E-state index contributed by atoms with van der Waals surface area (Å²) in [5.74, 6) is 0.839. The van der Waals surface area contributed by atoms with Crippen LogP contribution in [0.25, 0.3) is 0 Å². The Morgan fingerprint density at radius 3 is 2.62 bits per heavy atom. The van der Waals surface area contributed by atoms with Gasteiger partial charge in [-0.1, -0.05) is 6.92 Å². The van der Waals surface area contributed by atoms with Crippen LogP contribution in [-0.2, 0) is 10.0 Å². The molecule has 1 aromatic carbocycles. The summed E-state index contributed by atoms with van der Waals surface area (Å²) in [4.78, 5) is 10.1. The first-order valence-electron chi connectivity index (χ1n) is 6.87. The number of nitro benzene ring substituents is 1. The van der Waals surface area contributed by atoms with Gasteiger partial charge < -0.3 is 5.32 Å². The molecule has 1 saturated carbocycles. The van der Waals surface area contributed by atoms with Crippen LogP contribution in [0.2, 0.25) is 0 Å². The number of rotatable bonds is 7. The van der Waals surface area contributed by atoms with E-state index in [0.717, 1.165) is 6.42 Å².